The lowest BCUT2D eigenvalue weighted by Gasteiger charge is -2.29. The second kappa shape index (κ2) is 5.03. The van der Waals surface area contributed by atoms with Gasteiger partial charge in [-0.25, -0.2) is 4.39 Å². The number of rotatable bonds is 2. The number of benzene rings is 1. The van der Waals surface area contributed by atoms with Crippen LogP contribution in [0.4, 0.5) is 10.1 Å². The second-order valence-electron chi connectivity index (χ2n) is 6.19. The highest BCUT2D eigenvalue weighted by Gasteiger charge is 2.45. The quantitative estimate of drug-likeness (QED) is 0.618. The Morgan fingerprint density at radius 2 is 2.00 bits per heavy atom. The third-order valence-electron chi connectivity index (χ3n) is 4.24. The molecule has 3 atom stereocenters. The van der Waals surface area contributed by atoms with Gasteiger partial charge in [-0.15, -0.1) is 0 Å². The minimum Gasteiger partial charge on any atom is -0.345 e. The summed E-state index contributed by atoms with van der Waals surface area (Å²) in [4.78, 5) is 10.1. The van der Waals surface area contributed by atoms with E-state index in [2.05, 4.69) is 0 Å². The van der Waals surface area contributed by atoms with Gasteiger partial charge in [0.05, 0.1) is 23.2 Å². The standard InChI is InChI=1S/C15H18FNO4/c1-15(2)20-13-6-3-9(7-14(13)21-15)11-5-4-10(17(18)19)8-12(11)16/h4-5,8-9,13-14H,3,6-7H2,1-2H3/t9?,13?,14-/m0/s1. The van der Waals surface area contributed by atoms with Crippen LogP contribution in [0.2, 0.25) is 0 Å². The predicted octanol–water partition coefficient (Wildman–Crippen LogP) is 3.52. The van der Waals surface area contributed by atoms with Gasteiger partial charge in [0, 0.05) is 6.07 Å². The van der Waals surface area contributed by atoms with Crippen molar-refractivity contribution in [2.75, 3.05) is 0 Å². The van der Waals surface area contributed by atoms with Gasteiger partial charge in [0.1, 0.15) is 5.82 Å². The molecule has 0 N–H and O–H groups in total. The van der Waals surface area contributed by atoms with Crippen LogP contribution in [0.5, 0.6) is 0 Å². The van der Waals surface area contributed by atoms with Gasteiger partial charge in [-0.1, -0.05) is 0 Å². The number of non-ortho nitro benzene ring substituents is 1. The maximum Gasteiger partial charge on any atom is 0.272 e. The van der Waals surface area contributed by atoms with E-state index in [1.54, 1.807) is 0 Å². The number of fused-ring (bicyclic) bond motifs is 1. The van der Waals surface area contributed by atoms with E-state index in [9.17, 15) is 14.5 Å². The van der Waals surface area contributed by atoms with Crippen molar-refractivity contribution in [2.24, 2.45) is 0 Å². The first kappa shape index (κ1) is 14.4. The maximum atomic E-state index is 14.1. The van der Waals surface area contributed by atoms with Crippen LogP contribution in [-0.2, 0) is 9.47 Å². The fourth-order valence-electron chi connectivity index (χ4n) is 3.36. The SMILES string of the molecule is CC1(C)OC2CCC(c3ccc([N+](=O)[O-])cc3F)C[C@@H]2O1. The predicted molar refractivity (Wildman–Crippen MR) is 73.5 cm³/mol. The Morgan fingerprint density at radius 1 is 1.29 bits per heavy atom. The van der Waals surface area contributed by atoms with Crippen molar-refractivity contribution in [1.82, 2.24) is 0 Å². The van der Waals surface area contributed by atoms with Crippen molar-refractivity contribution in [1.29, 1.82) is 0 Å². The van der Waals surface area contributed by atoms with Crippen LogP contribution >= 0.6 is 0 Å². The molecule has 1 aliphatic heterocycles. The zero-order valence-electron chi connectivity index (χ0n) is 12.0. The van der Waals surface area contributed by atoms with Gasteiger partial charge < -0.3 is 9.47 Å². The molecule has 1 heterocycles. The van der Waals surface area contributed by atoms with Crippen LogP contribution in [0.3, 0.4) is 0 Å². The molecular formula is C15H18FNO4. The largest absolute Gasteiger partial charge is 0.345 e. The fraction of sp³-hybridized carbons (Fsp3) is 0.600. The molecule has 21 heavy (non-hydrogen) atoms. The molecule has 2 unspecified atom stereocenters. The molecule has 0 radical (unpaired) electrons. The fourth-order valence-corrected chi connectivity index (χ4v) is 3.36. The van der Waals surface area contributed by atoms with E-state index in [0.29, 0.717) is 12.0 Å². The van der Waals surface area contributed by atoms with E-state index in [-0.39, 0.29) is 23.8 Å². The van der Waals surface area contributed by atoms with Gasteiger partial charge in [0.25, 0.3) is 5.69 Å². The Bertz CT molecular complexity index is 575. The molecule has 2 aliphatic rings. The minimum atomic E-state index is -0.585. The van der Waals surface area contributed by atoms with Crippen LogP contribution in [-0.4, -0.2) is 22.9 Å². The molecule has 1 aliphatic carbocycles. The molecule has 0 bridgehead atoms. The molecular weight excluding hydrogens is 277 g/mol. The van der Waals surface area contributed by atoms with E-state index in [1.165, 1.54) is 12.1 Å². The first-order chi connectivity index (χ1) is 9.85. The zero-order chi connectivity index (χ0) is 15.2. The summed E-state index contributed by atoms with van der Waals surface area (Å²) in [5.74, 6) is -1.08. The summed E-state index contributed by atoms with van der Waals surface area (Å²) >= 11 is 0. The van der Waals surface area contributed by atoms with Crippen LogP contribution in [0, 0.1) is 15.9 Å². The van der Waals surface area contributed by atoms with Gasteiger partial charge in [-0.2, -0.15) is 0 Å². The zero-order valence-corrected chi connectivity index (χ0v) is 12.0. The molecule has 0 aromatic heterocycles. The number of hydrogen-bond donors (Lipinski definition) is 0. The van der Waals surface area contributed by atoms with Crippen molar-refractivity contribution >= 4 is 5.69 Å². The highest BCUT2D eigenvalue weighted by atomic mass is 19.1. The third kappa shape index (κ3) is 2.78. The van der Waals surface area contributed by atoms with Crippen LogP contribution in [0.1, 0.15) is 44.6 Å². The lowest BCUT2D eigenvalue weighted by Crippen LogP contribution is -2.30. The average molecular weight is 295 g/mol. The van der Waals surface area contributed by atoms with Crippen LogP contribution < -0.4 is 0 Å². The summed E-state index contributed by atoms with van der Waals surface area (Å²) in [6, 6.07) is 3.89. The van der Waals surface area contributed by atoms with Crippen LogP contribution in [0.25, 0.3) is 0 Å². The lowest BCUT2D eigenvalue weighted by molar-refractivity contribution is -0.385. The Hall–Kier alpha value is -1.53. The Kier molecular flexibility index (Phi) is 3.45. The van der Waals surface area contributed by atoms with Gasteiger partial charge in [0.15, 0.2) is 5.79 Å². The van der Waals surface area contributed by atoms with E-state index < -0.39 is 16.5 Å². The molecule has 5 nitrogen and oxygen atoms in total. The van der Waals surface area contributed by atoms with Gasteiger partial charge in [-0.05, 0) is 50.7 Å². The van der Waals surface area contributed by atoms with Crippen molar-refractivity contribution in [3.63, 3.8) is 0 Å². The van der Waals surface area contributed by atoms with Crippen LogP contribution in [0.15, 0.2) is 18.2 Å². The number of ether oxygens (including phenoxy) is 2. The maximum absolute atomic E-state index is 14.1. The molecule has 0 amide bonds. The highest BCUT2D eigenvalue weighted by Crippen LogP contribution is 2.43. The van der Waals surface area contributed by atoms with E-state index in [4.69, 9.17) is 9.47 Å². The number of nitro benzene ring substituents is 1. The highest BCUT2D eigenvalue weighted by molar-refractivity contribution is 5.36. The van der Waals surface area contributed by atoms with E-state index >= 15 is 0 Å². The van der Waals surface area contributed by atoms with Gasteiger partial charge in [-0.3, -0.25) is 10.1 Å². The molecule has 1 saturated heterocycles. The summed E-state index contributed by atoms with van der Waals surface area (Å²) in [5, 5.41) is 10.7. The Morgan fingerprint density at radius 3 is 2.67 bits per heavy atom. The normalized spacial score (nSPS) is 30.9. The van der Waals surface area contributed by atoms with Crippen molar-refractivity contribution in [3.05, 3.63) is 39.7 Å². The summed E-state index contributed by atoms with van der Waals surface area (Å²) in [6.45, 7) is 3.76. The summed E-state index contributed by atoms with van der Waals surface area (Å²) in [6.07, 6.45) is 2.33. The molecule has 1 saturated carbocycles. The molecule has 0 spiro atoms. The molecule has 3 rings (SSSR count). The summed E-state index contributed by atoms with van der Waals surface area (Å²) < 4.78 is 25.8. The first-order valence-corrected chi connectivity index (χ1v) is 7.15. The summed E-state index contributed by atoms with van der Waals surface area (Å²) in [5.41, 5.74) is 0.318. The number of hydrogen-bond acceptors (Lipinski definition) is 4. The smallest absolute Gasteiger partial charge is 0.272 e. The molecule has 1 aromatic rings. The van der Waals surface area contributed by atoms with Gasteiger partial charge >= 0.3 is 0 Å². The number of nitrogens with zero attached hydrogens (tertiary/aromatic N) is 1. The molecule has 2 fully saturated rings. The van der Waals surface area contributed by atoms with Crippen molar-refractivity contribution in [2.45, 2.75) is 57.0 Å². The first-order valence-electron chi connectivity index (χ1n) is 7.15. The molecule has 1 aromatic carbocycles. The monoisotopic (exact) mass is 295 g/mol. The number of halogens is 1. The van der Waals surface area contributed by atoms with E-state index in [1.807, 2.05) is 13.8 Å². The molecule has 114 valence electrons. The Balaban J connectivity index is 1.78. The van der Waals surface area contributed by atoms with E-state index in [0.717, 1.165) is 18.9 Å². The Labute approximate surface area is 122 Å². The average Bonchev–Trinajstić information content (AvgIpc) is 2.71. The lowest BCUT2D eigenvalue weighted by atomic mass is 9.81. The topological polar surface area (TPSA) is 61.6 Å². The third-order valence-corrected chi connectivity index (χ3v) is 4.24. The number of nitro groups is 1. The molecule has 6 heteroatoms. The van der Waals surface area contributed by atoms with Gasteiger partial charge in [0.2, 0.25) is 0 Å². The van der Waals surface area contributed by atoms with Crippen molar-refractivity contribution < 1.29 is 18.8 Å². The van der Waals surface area contributed by atoms with Crippen molar-refractivity contribution in [3.8, 4) is 0 Å². The summed E-state index contributed by atoms with van der Waals surface area (Å²) in [7, 11) is 0. The second-order valence-corrected chi connectivity index (χ2v) is 6.19. The minimum absolute atomic E-state index is 0.0181.